The Morgan fingerprint density at radius 1 is 1.00 bits per heavy atom. The van der Waals surface area contributed by atoms with E-state index < -0.39 is 18.6 Å². The van der Waals surface area contributed by atoms with E-state index in [4.69, 9.17) is 0 Å². The van der Waals surface area contributed by atoms with Gasteiger partial charge in [-0.3, -0.25) is 14.9 Å². The first-order valence-electron chi connectivity index (χ1n) is 9.26. The zero-order chi connectivity index (χ0) is 20.2. The summed E-state index contributed by atoms with van der Waals surface area (Å²) in [4.78, 5) is 32.1. The fraction of sp³-hybridized carbons (Fsp3) is 0.136. The molecule has 0 fully saturated rings. The van der Waals surface area contributed by atoms with Gasteiger partial charge in [0.2, 0.25) is 11.9 Å². The molecule has 7 heteroatoms. The molecule has 0 spiro atoms. The van der Waals surface area contributed by atoms with Crippen molar-refractivity contribution in [2.75, 3.05) is 11.9 Å². The molecule has 1 aromatic heterocycles. The summed E-state index contributed by atoms with van der Waals surface area (Å²) in [6.07, 6.45) is 0.110. The lowest BCUT2D eigenvalue weighted by Crippen LogP contribution is -2.46. The fourth-order valence-electron chi connectivity index (χ4n) is 3.19. The molecule has 1 atom stereocenters. The van der Waals surface area contributed by atoms with Crippen LogP contribution in [-0.2, 0) is 16.0 Å². The largest absolute Gasteiger partial charge is 0.394 e. The molecule has 2 amide bonds. The first-order chi connectivity index (χ1) is 14.1. The highest BCUT2D eigenvalue weighted by Crippen LogP contribution is 2.16. The van der Waals surface area contributed by atoms with Crippen LogP contribution in [0.4, 0.5) is 5.95 Å². The SMILES string of the molecule is O=C(Cc1ccc2ccccc2c1)N[C@@H](CO)C(=O)Nc1nc2ccccc2[nH]1. The number of benzene rings is 3. The summed E-state index contributed by atoms with van der Waals surface area (Å²) in [6, 6.07) is 19.9. The van der Waals surface area contributed by atoms with Gasteiger partial charge in [0.15, 0.2) is 0 Å². The third-order valence-corrected chi connectivity index (χ3v) is 4.64. The van der Waals surface area contributed by atoms with Gasteiger partial charge in [-0.05, 0) is 28.5 Å². The zero-order valence-electron chi connectivity index (χ0n) is 15.6. The second-order valence-corrected chi connectivity index (χ2v) is 6.75. The van der Waals surface area contributed by atoms with Crippen molar-refractivity contribution in [3.63, 3.8) is 0 Å². The van der Waals surface area contributed by atoms with Gasteiger partial charge in [-0.25, -0.2) is 4.98 Å². The van der Waals surface area contributed by atoms with Crippen LogP contribution in [0.25, 0.3) is 21.8 Å². The second-order valence-electron chi connectivity index (χ2n) is 6.75. The number of carbonyl (C=O) groups excluding carboxylic acids is 2. The molecular weight excluding hydrogens is 368 g/mol. The van der Waals surface area contributed by atoms with Crippen molar-refractivity contribution in [2.24, 2.45) is 0 Å². The van der Waals surface area contributed by atoms with E-state index in [0.29, 0.717) is 5.52 Å². The summed E-state index contributed by atoms with van der Waals surface area (Å²) in [6.45, 7) is -0.518. The molecule has 3 aromatic carbocycles. The van der Waals surface area contributed by atoms with Crippen LogP contribution in [0.5, 0.6) is 0 Å². The Morgan fingerprint density at radius 2 is 1.76 bits per heavy atom. The standard InChI is InChI=1S/C22H20N4O3/c27-13-19(21(29)26-22-24-17-7-3-4-8-18(17)25-22)23-20(28)12-14-9-10-15-5-1-2-6-16(15)11-14/h1-11,19,27H,12-13H2,(H,23,28)(H2,24,25,26,29)/t19-/m0/s1. The molecule has 0 unspecified atom stereocenters. The Balaban J connectivity index is 1.40. The van der Waals surface area contributed by atoms with E-state index in [2.05, 4.69) is 20.6 Å². The van der Waals surface area contributed by atoms with Crippen LogP contribution in [0.3, 0.4) is 0 Å². The summed E-state index contributed by atoms with van der Waals surface area (Å²) in [5.74, 6) is -0.629. The normalized spacial score (nSPS) is 12.0. The van der Waals surface area contributed by atoms with E-state index in [-0.39, 0.29) is 18.3 Å². The average molecular weight is 388 g/mol. The molecule has 4 N–H and O–H groups in total. The average Bonchev–Trinajstić information content (AvgIpc) is 3.14. The highest BCUT2D eigenvalue weighted by atomic mass is 16.3. The van der Waals surface area contributed by atoms with Gasteiger partial charge in [-0.1, -0.05) is 54.6 Å². The Labute approximate surface area is 166 Å². The monoisotopic (exact) mass is 388 g/mol. The number of para-hydroxylation sites is 2. The number of nitrogens with one attached hydrogen (secondary N) is 3. The fourth-order valence-corrected chi connectivity index (χ4v) is 3.19. The lowest BCUT2D eigenvalue weighted by Gasteiger charge is -2.15. The number of nitrogens with zero attached hydrogens (tertiary/aromatic N) is 1. The molecule has 146 valence electrons. The lowest BCUT2D eigenvalue weighted by molar-refractivity contribution is -0.127. The van der Waals surface area contributed by atoms with Crippen molar-refractivity contribution >= 4 is 39.6 Å². The summed E-state index contributed by atoms with van der Waals surface area (Å²) in [5.41, 5.74) is 2.32. The van der Waals surface area contributed by atoms with Crippen LogP contribution in [-0.4, -0.2) is 39.5 Å². The van der Waals surface area contributed by atoms with Crippen LogP contribution in [0.1, 0.15) is 5.56 Å². The number of H-pyrrole nitrogens is 1. The highest BCUT2D eigenvalue weighted by molar-refractivity contribution is 5.97. The van der Waals surface area contributed by atoms with Crippen molar-refractivity contribution < 1.29 is 14.7 Å². The van der Waals surface area contributed by atoms with Crippen molar-refractivity contribution in [1.82, 2.24) is 15.3 Å². The van der Waals surface area contributed by atoms with E-state index >= 15 is 0 Å². The molecule has 0 saturated carbocycles. The van der Waals surface area contributed by atoms with Gasteiger partial charge < -0.3 is 15.4 Å². The minimum atomic E-state index is -1.07. The van der Waals surface area contributed by atoms with Gasteiger partial charge in [0.1, 0.15) is 6.04 Å². The molecule has 0 saturated heterocycles. The highest BCUT2D eigenvalue weighted by Gasteiger charge is 2.21. The molecule has 29 heavy (non-hydrogen) atoms. The molecule has 4 aromatic rings. The van der Waals surface area contributed by atoms with Crippen LogP contribution in [0, 0.1) is 0 Å². The number of aromatic amines is 1. The Morgan fingerprint density at radius 3 is 2.55 bits per heavy atom. The van der Waals surface area contributed by atoms with Crippen LogP contribution < -0.4 is 10.6 Å². The molecule has 0 aliphatic rings. The summed E-state index contributed by atoms with van der Waals surface area (Å²) in [5, 5.41) is 16.9. The molecular formula is C22H20N4O3. The van der Waals surface area contributed by atoms with Gasteiger partial charge in [0.25, 0.3) is 5.91 Å². The molecule has 0 aliphatic heterocycles. The van der Waals surface area contributed by atoms with Crippen LogP contribution >= 0.6 is 0 Å². The minimum Gasteiger partial charge on any atom is -0.394 e. The number of fused-ring (bicyclic) bond motifs is 2. The zero-order valence-corrected chi connectivity index (χ0v) is 15.6. The number of aliphatic hydroxyl groups excluding tert-OH is 1. The Bertz CT molecular complexity index is 1150. The number of anilines is 1. The molecule has 0 bridgehead atoms. The number of imidazole rings is 1. The van der Waals surface area contributed by atoms with Crippen molar-refractivity contribution in [1.29, 1.82) is 0 Å². The lowest BCUT2D eigenvalue weighted by atomic mass is 10.0. The molecule has 7 nitrogen and oxygen atoms in total. The molecule has 0 aliphatic carbocycles. The maximum Gasteiger partial charge on any atom is 0.251 e. The predicted molar refractivity (Wildman–Crippen MR) is 111 cm³/mol. The maximum absolute atomic E-state index is 12.4. The Hall–Kier alpha value is -3.71. The number of rotatable bonds is 6. The van der Waals surface area contributed by atoms with Crippen molar-refractivity contribution in [3.8, 4) is 0 Å². The molecule has 1 heterocycles. The van der Waals surface area contributed by atoms with Crippen LogP contribution in [0.2, 0.25) is 0 Å². The van der Waals surface area contributed by atoms with E-state index in [1.807, 2.05) is 66.7 Å². The van der Waals surface area contributed by atoms with Crippen molar-refractivity contribution in [3.05, 3.63) is 72.3 Å². The predicted octanol–water partition coefficient (Wildman–Crippen LogP) is 2.37. The number of amides is 2. The minimum absolute atomic E-state index is 0.110. The van der Waals surface area contributed by atoms with Crippen LogP contribution in [0.15, 0.2) is 66.7 Å². The summed E-state index contributed by atoms with van der Waals surface area (Å²) >= 11 is 0. The number of hydrogen-bond acceptors (Lipinski definition) is 4. The van der Waals surface area contributed by atoms with E-state index in [9.17, 15) is 14.7 Å². The van der Waals surface area contributed by atoms with E-state index in [1.165, 1.54) is 0 Å². The molecule has 0 radical (unpaired) electrons. The maximum atomic E-state index is 12.4. The van der Waals surface area contributed by atoms with Gasteiger partial charge in [-0.15, -0.1) is 0 Å². The third kappa shape index (κ3) is 4.25. The van der Waals surface area contributed by atoms with Crippen molar-refractivity contribution in [2.45, 2.75) is 12.5 Å². The Kier molecular flexibility index (Phi) is 5.22. The van der Waals surface area contributed by atoms with Gasteiger partial charge in [0.05, 0.1) is 24.1 Å². The quantitative estimate of drug-likeness (QED) is 0.407. The first kappa shape index (κ1) is 18.6. The van der Waals surface area contributed by atoms with Gasteiger partial charge in [-0.2, -0.15) is 0 Å². The number of hydrogen-bond donors (Lipinski definition) is 4. The third-order valence-electron chi connectivity index (χ3n) is 4.64. The number of aliphatic hydroxyl groups is 1. The van der Waals surface area contributed by atoms with E-state index in [1.54, 1.807) is 0 Å². The summed E-state index contributed by atoms with van der Waals surface area (Å²) < 4.78 is 0. The second kappa shape index (κ2) is 8.12. The number of carbonyl (C=O) groups is 2. The summed E-state index contributed by atoms with van der Waals surface area (Å²) in [7, 11) is 0. The first-order valence-corrected chi connectivity index (χ1v) is 9.26. The smallest absolute Gasteiger partial charge is 0.251 e. The van der Waals surface area contributed by atoms with Gasteiger partial charge >= 0.3 is 0 Å². The van der Waals surface area contributed by atoms with Gasteiger partial charge in [0, 0.05) is 0 Å². The number of aromatic nitrogens is 2. The molecule has 4 rings (SSSR count). The topological polar surface area (TPSA) is 107 Å². The van der Waals surface area contributed by atoms with E-state index in [0.717, 1.165) is 21.9 Å².